The van der Waals surface area contributed by atoms with Crippen LogP contribution < -0.4 is 5.32 Å². The summed E-state index contributed by atoms with van der Waals surface area (Å²) in [5.41, 5.74) is 0.858. The lowest BCUT2D eigenvalue weighted by molar-refractivity contribution is 0.0874. The number of hydrogen-bond acceptors (Lipinski definition) is 3. The van der Waals surface area contributed by atoms with Gasteiger partial charge in [0.25, 0.3) is 5.91 Å². The molecule has 1 aromatic heterocycles. The maximum atomic E-state index is 12.7. The van der Waals surface area contributed by atoms with Gasteiger partial charge in [0.05, 0.1) is 6.07 Å². The molecule has 0 spiro atoms. The number of fused-ring (bicyclic) bond motifs is 1. The first-order valence-electron chi connectivity index (χ1n) is 7.51. The van der Waals surface area contributed by atoms with Crippen molar-refractivity contribution in [2.45, 2.75) is 18.4 Å². The zero-order valence-electron chi connectivity index (χ0n) is 13.0. The van der Waals surface area contributed by atoms with Crippen molar-refractivity contribution in [1.29, 1.82) is 5.26 Å². The zero-order valence-corrected chi connectivity index (χ0v) is 13.0. The predicted octanol–water partition coefficient (Wildman–Crippen LogP) is 1.90. The third kappa shape index (κ3) is 2.46. The van der Waals surface area contributed by atoms with Gasteiger partial charge in [-0.1, -0.05) is 18.2 Å². The molecular weight excluding hydrogens is 276 g/mol. The van der Waals surface area contributed by atoms with Gasteiger partial charge in [-0.25, -0.2) is 0 Å². The third-order valence-electron chi connectivity index (χ3n) is 4.59. The van der Waals surface area contributed by atoms with Crippen molar-refractivity contribution in [3.8, 4) is 6.07 Å². The van der Waals surface area contributed by atoms with Crippen LogP contribution in [0.1, 0.15) is 23.3 Å². The minimum absolute atomic E-state index is 0.176. The van der Waals surface area contributed by atoms with E-state index in [2.05, 4.69) is 16.3 Å². The monoisotopic (exact) mass is 296 g/mol. The van der Waals surface area contributed by atoms with Crippen LogP contribution in [0.3, 0.4) is 0 Å². The molecule has 1 aromatic carbocycles. The quantitative estimate of drug-likeness (QED) is 0.920. The molecule has 0 bridgehead atoms. The maximum Gasteiger partial charge on any atom is 0.269 e. The van der Waals surface area contributed by atoms with Gasteiger partial charge in [0, 0.05) is 31.0 Å². The number of carbonyl (C=O) groups excluding carboxylic acids is 1. The lowest BCUT2D eigenvalue weighted by Gasteiger charge is -2.35. The highest BCUT2D eigenvalue weighted by Crippen LogP contribution is 2.23. The van der Waals surface area contributed by atoms with Gasteiger partial charge < -0.3 is 14.8 Å². The number of benzene rings is 1. The molecular formula is C17H20N4O. The van der Waals surface area contributed by atoms with Gasteiger partial charge in [-0.05, 0) is 32.0 Å². The van der Waals surface area contributed by atoms with Crippen molar-refractivity contribution in [3.05, 3.63) is 36.0 Å². The SMILES string of the molecule is CN1CCC(C#N)(NC(=O)c2cc3ccccc3n2C)CC1. The van der Waals surface area contributed by atoms with E-state index in [0.29, 0.717) is 18.5 Å². The van der Waals surface area contributed by atoms with E-state index in [9.17, 15) is 10.1 Å². The average molecular weight is 296 g/mol. The van der Waals surface area contributed by atoms with Crippen LogP contribution in [0, 0.1) is 11.3 Å². The Balaban J connectivity index is 1.87. The molecule has 0 saturated carbocycles. The fourth-order valence-corrected chi connectivity index (χ4v) is 3.05. The van der Waals surface area contributed by atoms with E-state index in [1.807, 2.05) is 49.0 Å². The molecule has 0 unspecified atom stereocenters. The first-order valence-corrected chi connectivity index (χ1v) is 7.51. The molecule has 2 heterocycles. The number of para-hydroxylation sites is 1. The molecule has 0 radical (unpaired) electrons. The fraction of sp³-hybridized carbons (Fsp3) is 0.412. The van der Waals surface area contributed by atoms with Crippen LogP contribution in [0.25, 0.3) is 10.9 Å². The van der Waals surface area contributed by atoms with E-state index in [-0.39, 0.29) is 5.91 Å². The highest BCUT2D eigenvalue weighted by atomic mass is 16.2. The molecule has 0 atom stereocenters. The summed E-state index contributed by atoms with van der Waals surface area (Å²) in [7, 11) is 3.91. The Labute approximate surface area is 130 Å². The van der Waals surface area contributed by atoms with Crippen molar-refractivity contribution in [1.82, 2.24) is 14.8 Å². The molecule has 5 heteroatoms. The van der Waals surface area contributed by atoms with E-state index in [0.717, 1.165) is 24.0 Å². The Hall–Kier alpha value is -2.32. The molecule has 2 aromatic rings. The summed E-state index contributed by atoms with van der Waals surface area (Å²) >= 11 is 0. The first-order chi connectivity index (χ1) is 10.5. The van der Waals surface area contributed by atoms with Crippen LogP contribution in [-0.2, 0) is 7.05 Å². The van der Waals surface area contributed by atoms with Gasteiger partial charge in [0.15, 0.2) is 0 Å². The third-order valence-corrected chi connectivity index (χ3v) is 4.59. The molecule has 5 nitrogen and oxygen atoms in total. The van der Waals surface area contributed by atoms with Gasteiger partial charge in [-0.2, -0.15) is 5.26 Å². The minimum Gasteiger partial charge on any atom is -0.340 e. The molecule has 0 aliphatic carbocycles. The second-order valence-corrected chi connectivity index (χ2v) is 6.10. The average Bonchev–Trinajstić information content (AvgIpc) is 2.88. The van der Waals surface area contributed by atoms with E-state index < -0.39 is 5.54 Å². The van der Waals surface area contributed by atoms with Crippen LogP contribution in [0.15, 0.2) is 30.3 Å². The van der Waals surface area contributed by atoms with Crippen molar-refractivity contribution in [3.63, 3.8) is 0 Å². The Kier molecular flexibility index (Phi) is 3.63. The molecule has 1 saturated heterocycles. The Morgan fingerprint density at radius 2 is 1.95 bits per heavy atom. The molecule has 114 valence electrons. The van der Waals surface area contributed by atoms with Crippen LogP contribution >= 0.6 is 0 Å². The normalized spacial score (nSPS) is 18.0. The van der Waals surface area contributed by atoms with Crippen LogP contribution in [0.2, 0.25) is 0 Å². The lowest BCUT2D eigenvalue weighted by atomic mass is 9.89. The second-order valence-electron chi connectivity index (χ2n) is 6.10. The number of piperidine rings is 1. The van der Waals surface area contributed by atoms with Gasteiger partial charge in [0.2, 0.25) is 0 Å². The number of nitrogens with one attached hydrogen (secondary N) is 1. The predicted molar refractivity (Wildman–Crippen MR) is 85.5 cm³/mol. The number of aryl methyl sites for hydroxylation is 1. The van der Waals surface area contributed by atoms with E-state index >= 15 is 0 Å². The topological polar surface area (TPSA) is 61.1 Å². The van der Waals surface area contributed by atoms with Gasteiger partial charge in [0.1, 0.15) is 11.2 Å². The van der Waals surface area contributed by atoms with E-state index in [1.54, 1.807) is 0 Å². The standard InChI is InChI=1S/C17H20N4O/c1-20-9-7-17(12-18,8-10-20)19-16(22)15-11-13-5-3-4-6-14(13)21(15)2/h3-6,11H,7-10H2,1-2H3,(H,19,22). The number of nitriles is 1. The summed E-state index contributed by atoms with van der Waals surface area (Å²) in [5, 5.41) is 13.5. The Morgan fingerprint density at radius 3 is 2.59 bits per heavy atom. The van der Waals surface area contributed by atoms with Gasteiger partial charge in [-0.15, -0.1) is 0 Å². The number of aromatic nitrogens is 1. The highest BCUT2D eigenvalue weighted by Gasteiger charge is 2.36. The Bertz CT molecular complexity index is 748. The van der Waals surface area contributed by atoms with E-state index in [4.69, 9.17) is 0 Å². The van der Waals surface area contributed by atoms with Gasteiger partial charge in [-0.3, -0.25) is 4.79 Å². The maximum absolute atomic E-state index is 12.7. The summed E-state index contributed by atoms with van der Waals surface area (Å²) in [6.07, 6.45) is 1.32. The van der Waals surface area contributed by atoms with Crippen LogP contribution in [-0.4, -0.2) is 41.1 Å². The fourth-order valence-electron chi connectivity index (χ4n) is 3.05. The van der Waals surface area contributed by atoms with Gasteiger partial charge >= 0.3 is 0 Å². The number of hydrogen-bond donors (Lipinski definition) is 1. The molecule has 22 heavy (non-hydrogen) atoms. The largest absolute Gasteiger partial charge is 0.340 e. The highest BCUT2D eigenvalue weighted by molar-refractivity contribution is 5.99. The number of likely N-dealkylation sites (tertiary alicyclic amines) is 1. The number of amides is 1. The van der Waals surface area contributed by atoms with E-state index in [1.165, 1.54) is 0 Å². The summed E-state index contributed by atoms with van der Waals surface area (Å²) in [6, 6.07) is 12.1. The molecule has 1 amide bonds. The zero-order chi connectivity index (χ0) is 15.7. The first kappa shape index (κ1) is 14.6. The van der Waals surface area contributed by atoms with Crippen molar-refractivity contribution >= 4 is 16.8 Å². The molecule has 3 rings (SSSR count). The second kappa shape index (κ2) is 5.47. The lowest BCUT2D eigenvalue weighted by Crippen LogP contribution is -2.54. The smallest absolute Gasteiger partial charge is 0.269 e. The van der Waals surface area contributed by atoms with Crippen molar-refractivity contribution in [2.75, 3.05) is 20.1 Å². The molecule has 1 fully saturated rings. The summed E-state index contributed by atoms with van der Waals surface area (Å²) in [4.78, 5) is 14.8. The minimum atomic E-state index is -0.750. The van der Waals surface area contributed by atoms with Crippen LogP contribution in [0.5, 0.6) is 0 Å². The summed E-state index contributed by atoms with van der Waals surface area (Å²) in [6.45, 7) is 1.64. The summed E-state index contributed by atoms with van der Waals surface area (Å²) < 4.78 is 1.88. The Morgan fingerprint density at radius 1 is 1.27 bits per heavy atom. The molecule has 1 aliphatic rings. The molecule has 1 aliphatic heterocycles. The number of nitrogens with zero attached hydrogens (tertiary/aromatic N) is 3. The number of carbonyl (C=O) groups is 1. The number of rotatable bonds is 2. The molecule has 1 N–H and O–H groups in total. The van der Waals surface area contributed by atoms with Crippen LogP contribution in [0.4, 0.5) is 0 Å². The summed E-state index contributed by atoms with van der Waals surface area (Å²) in [5.74, 6) is -0.176. The van der Waals surface area contributed by atoms with Crippen molar-refractivity contribution in [2.24, 2.45) is 7.05 Å². The van der Waals surface area contributed by atoms with Crippen molar-refractivity contribution < 1.29 is 4.79 Å².